The number of rotatable bonds is 4. The van der Waals surface area contributed by atoms with Gasteiger partial charge in [0.2, 0.25) is 10.0 Å². The highest BCUT2D eigenvalue weighted by molar-refractivity contribution is 7.89. The topological polar surface area (TPSA) is 92.3 Å². The first kappa shape index (κ1) is 16.0. The van der Waals surface area contributed by atoms with Gasteiger partial charge in [-0.2, -0.15) is 4.31 Å². The van der Waals surface area contributed by atoms with Crippen LogP contribution in [0.2, 0.25) is 0 Å². The molecule has 1 N–H and O–H groups in total. The van der Waals surface area contributed by atoms with Gasteiger partial charge in [-0.1, -0.05) is 0 Å². The molecule has 1 aliphatic rings. The SMILES string of the molecule is CCS(=O)(=O)N1CCc2nc(NC(=O)c3ccncc3)sc2C1. The van der Waals surface area contributed by atoms with Crippen LogP contribution in [0, 0.1) is 0 Å². The molecule has 23 heavy (non-hydrogen) atoms. The Hall–Kier alpha value is -1.84. The average Bonchev–Trinajstić information content (AvgIpc) is 2.96. The lowest BCUT2D eigenvalue weighted by molar-refractivity contribution is 0.102. The van der Waals surface area contributed by atoms with E-state index in [-0.39, 0.29) is 11.7 Å². The lowest BCUT2D eigenvalue weighted by atomic mass is 10.2. The number of pyridine rings is 1. The predicted molar refractivity (Wildman–Crippen MR) is 87.9 cm³/mol. The molecular formula is C14H16N4O3S2. The number of thiazole rings is 1. The zero-order chi connectivity index (χ0) is 16.4. The molecule has 0 fully saturated rings. The van der Waals surface area contributed by atoms with Crippen LogP contribution in [-0.2, 0) is 23.0 Å². The van der Waals surface area contributed by atoms with Crippen LogP contribution in [0.3, 0.4) is 0 Å². The van der Waals surface area contributed by atoms with Crippen molar-refractivity contribution in [1.82, 2.24) is 14.3 Å². The smallest absolute Gasteiger partial charge is 0.257 e. The first-order valence-corrected chi connectivity index (χ1v) is 9.60. The zero-order valence-electron chi connectivity index (χ0n) is 12.5. The van der Waals surface area contributed by atoms with Crippen LogP contribution >= 0.6 is 11.3 Å². The maximum absolute atomic E-state index is 12.1. The van der Waals surface area contributed by atoms with E-state index < -0.39 is 10.0 Å². The number of nitrogens with one attached hydrogen (secondary N) is 1. The number of carbonyl (C=O) groups is 1. The van der Waals surface area contributed by atoms with Crippen LogP contribution in [-0.4, -0.2) is 40.9 Å². The van der Waals surface area contributed by atoms with Gasteiger partial charge in [0, 0.05) is 42.3 Å². The van der Waals surface area contributed by atoms with Crippen molar-refractivity contribution in [2.24, 2.45) is 0 Å². The van der Waals surface area contributed by atoms with E-state index in [1.807, 2.05) is 0 Å². The first-order chi connectivity index (χ1) is 11.0. The van der Waals surface area contributed by atoms with Crippen LogP contribution in [0.4, 0.5) is 5.13 Å². The number of aromatic nitrogens is 2. The van der Waals surface area contributed by atoms with E-state index >= 15 is 0 Å². The Morgan fingerprint density at radius 2 is 2.13 bits per heavy atom. The number of amides is 1. The minimum absolute atomic E-state index is 0.0901. The molecule has 2 aromatic rings. The summed E-state index contributed by atoms with van der Waals surface area (Å²) in [5, 5.41) is 3.25. The van der Waals surface area contributed by atoms with Crippen molar-refractivity contribution >= 4 is 32.4 Å². The van der Waals surface area contributed by atoms with Crippen molar-refractivity contribution in [2.75, 3.05) is 17.6 Å². The second-order valence-corrected chi connectivity index (χ2v) is 8.40. The largest absolute Gasteiger partial charge is 0.298 e. The molecule has 0 bridgehead atoms. The summed E-state index contributed by atoms with van der Waals surface area (Å²) in [7, 11) is -3.20. The molecule has 3 rings (SSSR count). The molecule has 1 aliphatic heterocycles. The molecule has 1 amide bonds. The number of carbonyl (C=O) groups excluding carboxylic acids is 1. The van der Waals surface area contributed by atoms with Gasteiger partial charge in [0.25, 0.3) is 5.91 Å². The predicted octanol–water partition coefficient (Wildman–Crippen LogP) is 1.50. The van der Waals surface area contributed by atoms with Gasteiger partial charge in [0.05, 0.1) is 11.4 Å². The monoisotopic (exact) mass is 352 g/mol. The van der Waals surface area contributed by atoms with Crippen molar-refractivity contribution in [3.8, 4) is 0 Å². The van der Waals surface area contributed by atoms with Gasteiger partial charge in [-0.3, -0.25) is 15.1 Å². The Kier molecular flexibility index (Phi) is 4.42. The lowest BCUT2D eigenvalue weighted by Crippen LogP contribution is -2.36. The molecule has 122 valence electrons. The van der Waals surface area contributed by atoms with Gasteiger partial charge in [0.15, 0.2) is 5.13 Å². The molecule has 0 unspecified atom stereocenters. The molecule has 2 aromatic heterocycles. The van der Waals surface area contributed by atoms with Crippen molar-refractivity contribution in [2.45, 2.75) is 19.9 Å². The molecule has 0 aromatic carbocycles. The van der Waals surface area contributed by atoms with Crippen molar-refractivity contribution in [3.05, 3.63) is 40.7 Å². The Morgan fingerprint density at radius 3 is 2.83 bits per heavy atom. The number of hydrogen-bond donors (Lipinski definition) is 1. The van der Waals surface area contributed by atoms with Crippen LogP contribution < -0.4 is 5.32 Å². The molecule has 7 nitrogen and oxygen atoms in total. The van der Waals surface area contributed by atoms with Crippen LogP contribution in [0.25, 0.3) is 0 Å². The Balaban J connectivity index is 1.75. The lowest BCUT2D eigenvalue weighted by Gasteiger charge is -2.24. The van der Waals surface area contributed by atoms with Gasteiger partial charge in [0.1, 0.15) is 0 Å². The minimum Gasteiger partial charge on any atom is -0.298 e. The Bertz CT molecular complexity index is 818. The van der Waals surface area contributed by atoms with Crippen molar-refractivity contribution in [3.63, 3.8) is 0 Å². The van der Waals surface area contributed by atoms with E-state index in [1.165, 1.54) is 15.6 Å². The highest BCUT2D eigenvalue weighted by Gasteiger charge is 2.28. The van der Waals surface area contributed by atoms with Crippen molar-refractivity contribution in [1.29, 1.82) is 0 Å². The molecule has 0 saturated heterocycles. The minimum atomic E-state index is -3.20. The summed E-state index contributed by atoms with van der Waals surface area (Å²) in [6, 6.07) is 3.25. The normalized spacial score (nSPS) is 15.2. The molecular weight excluding hydrogens is 336 g/mol. The number of fused-ring (bicyclic) bond motifs is 1. The highest BCUT2D eigenvalue weighted by atomic mass is 32.2. The van der Waals surface area contributed by atoms with E-state index in [1.54, 1.807) is 31.5 Å². The van der Waals surface area contributed by atoms with E-state index in [0.717, 1.165) is 10.6 Å². The van der Waals surface area contributed by atoms with E-state index in [0.29, 0.717) is 30.2 Å². The Labute approximate surface area is 138 Å². The number of nitrogens with zero attached hydrogens (tertiary/aromatic N) is 3. The van der Waals surface area contributed by atoms with E-state index in [2.05, 4.69) is 15.3 Å². The third-order valence-electron chi connectivity index (χ3n) is 3.62. The summed E-state index contributed by atoms with van der Waals surface area (Å²) in [6.45, 7) is 2.40. The molecule has 0 radical (unpaired) electrons. The summed E-state index contributed by atoms with van der Waals surface area (Å²) < 4.78 is 25.4. The summed E-state index contributed by atoms with van der Waals surface area (Å²) in [4.78, 5) is 21.3. The van der Waals surface area contributed by atoms with Gasteiger partial charge >= 0.3 is 0 Å². The maximum atomic E-state index is 12.1. The standard InChI is InChI=1S/C14H16N4O3S2/c1-2-23(20,21)18-8-5-11-12(9-18)22-14(16-11)17-13(19)10-3-6-15-7-4-10/h3-4,6-7H,2,5,8-9H2,1H3,(H,16,17,19). The zero-order valence-corrected chi connectivity index (χ0v) is 14.2. The summed E-state index contributed by atoms with van der Waals surface area (Å²) in [5.74, 6) is -0.163. The summed E-state index contributed by atoms with van der Waals surface area (Å²) in [5.41, 5.74) is 1.37. The fourth-order valence-corrected chi connectivity index (χ4v) is 4.48. The van der Waals surface area contributed by atoms with Gasteiger partial charge < -0.3 is 0 Å². The second kappa shape index (κ2) is 6.34. The van der Waals surface area contributed by atoms with E-state index in [4.69, 9.17) is 0 Å². The summed E-state index contributed by atoms with van der Waals surface area (Å²) >= 11 is 1.32. The number of sulfonamides is 1. The summed E-state index contributed by atoms with van der Waals surface area (Å²) in [6.07, 6.45) is 3.67. The highest BCUT2D eigenvalue weighted by Crippen LogP contribution is 2.29. The third kappa shape index (κ3) is 3.41. The molecule has 0 atom stereocenters. The van der Waals surface area contributed by atoms with Crippen LogP contribution in [0.1, 0.15) is 27.9 Å². The van der Waals surface area contributed by atoms with E-state index in [9.17, 15) is 13.2 Å². The number of hydrogen-bond acceptors (Lipinski definition) is 6. The van der Waals surface area contributed by atoms with Crippen molar-refractivity contribution < 1.29 is 13.2 Å². The molecule has 0 aliphatic carbocycles. The van der Waals surface area contributed by atoms with Gasteiger partial charge in [-0.15, -0.1) is 11.3 Å². The molecule has 0 spiro atoms. The fourth-order valence-electron chi connectivity index (χ4n) is 2.32. The Morgan fingerprint density at radius 1 is 1.39 bits per heavy atom. The first-order valence-electron chi connectivity index (χ1n) is 7.17. The van der Waals surface area contributed by atoms with Gasteiger partial charge in [-0.25, -0.2) is 13.4 Å². The third-order valence-corrected chi connectivity index (χ3v) is 6.44. The average molecular weight is 352 g/mol. The van der Waals surface area contributed by atoms with Crippen LogP contribution in [0.5, 0.6) is 0 Å². The molecule has 0 saturated carbocycles. The fraction of sp³-hybridized carbons (Fsp3) is 0.357. The van der Waals surface area contributed by atoms with Crippen LogP contribution in [0.15, 0.2) is 24.5 Å². The molecule has 3 heterocycles. The quantitative estimate of drug-likeness (QED) is 0.900. The molecule has 9 heteroatoms. The second-order valence-electron chi connectivity index (χ2n) is 5.06. The van der Waals surface area contributed by atoms with Gasteiger partial charge in [-0.05, 0) is 19.1 Å². The number of anilines is 1. The maximum Gasteiger partial charge on any atom is 0.257 e.